The molecule has 0 aliphatic rings. The molecule has 0 aliphatic heterocycles. The SMILES string of the molecule is Cc1nc(SCCNC(=O)c2nn(C)c(=O)c3ccccc23)n[nH]1. The number of carbonyl (C=O) groups excluding carboxylic acids is 1. The van der Waals surface area contributed by atoms with Crippen molar-refractivity contribution in [2.24, 2.45) is 7.05 Å². The van der Waals surface area contributed by atoms with E-state index in [1.54, 1.807) is 24.3 Å². The van der Waals surface area contributed by atoms with Crippen molar-refractivity contribution in [3.05, 3.63) is 46.1 Å². The second-order valence-electron chi connectivity index (χ2n) is 5.13. The van der Waals surface area contributed by atoms with Gasteiger partial charge in [-0.1, -0.05) is 30.0 Å². The van der Waals surface area contributed by atoms with Gasteiger partial charge in [-0.2, -0.15) is 5.10 Å². The number of rotatable bonds is 5. The highest BCUT2D eigenvalue weighted by atomic mass is 32.2. The highest BCUT2D eigenvalue weighted by molar-refractivity contribution is 7.99. The summed E-state index contributed by atoms with van der Waals surface area (Å²) in [4.78, 5) is 28.7. The lowest BCUT2D eigenvalue weighted by molar-refractivity contribution is 0.0951. The van der Waals surface area contributed by atoms with Gasteiger partial charge in [0.15, 0.2) is 5.69 Å². The van der Waals surface area contributed by atoms with Crippen LogP contribution in [0.5, 0.6) is 0 Å². The third-order valence-electron chi connectivity index (χ3n) is 3.37. The van der Waals surface area contributed by atoms with Gasteiger partial charge in [-0.3, -0.25) is 14.7 Å². The summed E-state index contributed by atoms with van der Waals surface area (Å²) in [5, 5.41) is 15.4. The second-order valence-corrected chi connectivity index (χ2v) is 6.19. The van der Waals surface area contributed by atoms with Crippen molar-refractivity contribution in [1.82, 2.24) is 30.3 Å². The predicted molar refractivity (Wildman–Crippen MR) is 91.2 cm³/mol. The molecule has 124 valence electrons. The predicted octanol–water partition coefficient (Wildman–Crippen LogP) is 0.882. The average molecular weight is 344 g/mol. The zero-order valence-electron chi connectivity index (χ0n) is 13.2. The fraction of sp³-hybridized carbons (Fsp3) is 0.267. The molecule has 2 N–H and O–H groups in total. The van der Waals surface area contributed by atoms with Crippen LogP contribution in [0.2, 0.25) is 0 Å². The molecular weight excluding hydrogens is 328 g/mol. The van der Waals surface area contributed by atoms with Gasteiger partial charge in [0.2, 0.25) is 5.16 Å². The van der Waals surface area contributed by atoms with Gasteiger partial charge in [0.05, 0.1) is 5.39 Å². The van der Waals surface area contributed by atoms with E-state index >= 15 is 0 Å². The van der Waals surface area contributed by atoms with Crippen molar-refractivity contribution in [2.75, 3.05) is 12.3 Å². The lowest BCUT2D eigenvalue weighted by Crippen LogP contribution is -2.30. The summed E-state index contributed by atoms with van der Waals surface area (Å²) >= 11 is 1.44. The molecule has 9 heteroatoms. The largest absolute Gasteiger partial charge is 0.350 e. The highest BCUT2D eigenvalue weighted by Crippen LogP contribution is 2.13. The van der Waals surface area contributed by atoms with Gasteiger partial charge in [0.25, 0.3) is 11.5 Å². The van der Waals surface area contributed by atoms with E-state index in [0.717, 1.165) is 5.82 Å². The normalized spacial score (nSPS) is 10.9. The molecular formula is C15H16N6O2S. The van der Waals surface area contributed by atoms with Crippen LogP contribution in [0.3, 0.4) is 0 Å². The number of fused-ring (bicyclic) bond motifs is 1. The Bertz CT molecular complexity index is 949. The van der Waals surface area contributed by atoms with Crippen LogP contribution in [-0.2, 0) is 7.05 Å². The molecule has 0 spiro atoms. The van der Waals surface area contributed by atoms with E-state index in [4.69, 9.17) is 0 Å². The minimum Gasteiger partial charge on any atom is -0.350 e. The molecule has 0 saturated heterocycles. The summed E-state index contributed by atoms with van der Waals surface area (Å²) in [5.74, 6) is 1.07. The number of carbonyl (C=O) groups is 1. The number of H-pyrrole nitrogens is 1. The van der Waals surface area contributed by atoms with Gasteiger partial charge in [0, 0.05) is 24.7 Å². The Hall–Kier alpha value is -2.68. The van der Waals surface area contributed by atoms with Crippen LogP contribution >= 0.6 is 11.8 Å². The molecule has 2 heterocycles. The van der Waals surface area contributed by atoms with Gasteiger partial charge in [-0.05, 0) is 13.0 Å². The van der Waals surface area contributed by atoms with Crippen LogP contribution in [0.25, 0.3) is 10.8 Å². The van der Waals surface area contributed by atoms with Crippen molar-refractivity contribution in [1.29, 1.82) is 0 Å². The van der Waals surface area contributed by atoms with Crippen molar-refractivity contribution < 1.29 is 4.79 Å². The van der Waals surface area contributed by atoms with Gasteiger partial charge < -0.3 is 5.32 Å². The number of nitrogens with one attached hydrogen (secondary N) is 2. The van der Waals surface area contributed by atoms with Crippen molar-refractivity contribution in [2.45, 2.75) is 12.1 Å². The molecule has 3 aromatic rings. The minimum atomic E-state index is -0.312. The maximum absolute atomic E-state index is 12.4. The molecule has 0 radical (unpaired) electrons. The van der Waals surface area contributed by atoms with Crippen LogP contribution in [0, 0.1) is 6.92 Å². The second kappa shape index (κ2) is 6.83. The Morgan fingerprint density at radius 1 is 1.33 bits per heavy atom. The topological polar surface area (TPSA) is 106 Å². The van der Waals surface area contributed by atoms with Crippen LogP contribution in [0.1, 0.15) is 16.3 Å². The summed E-state index contributed by atoms with van der Waals surface area (Å²) in [6.45, 7) is 2.27. The third kappa shape index (κ3) is 3.30. The minimum absolute atomic E-state index is 0.224. The summed E-state index contributed by atoms with van der Waals surface area (Å²) in [6, 6.07) is 6.96. The molecule has 0 bridgehead atoms. The third-order valence-corrected chi connectivity index (χ3v) is 4.22. The quantitative estimate of drug-likeness (QED) is 0.526. The number of hydrogen-bond donors (Lipinski definition) is 2. The monoisotopic (exact) mass is 344 g/mol. The molecule has 0 aliphatic carbocycles. The molecule has 1 amide bonds. The fourth-order valence-corrected chi connectivity index (χ4v) is 2.94. The molecule has 2 aromatic heterocycles. The van der Waals surface area contributed by atoms with E-state index in [0.29, 0.717) is 28.2 Å². The number of benzene rings is 1. The van der Waals surface area contributed by atoms with Crippen molar-refractivity contribution >= 4 is 28.4 Å². The average Bonchev–Trinajstić information content (AvgIpc) is 3.00. The van der Waals surface area contributed by atoms with Crippen molar-refractivity contribution in [3.63, 3.8) is 0 Å². The van der Waals surface area contributed by atoms with E-state index in [2.05, 4.69) is 25.6 Å². The zero-order valence-corrected chi connectivity index (χ0v) is 14.1. The first-order valence-corrected chi connectivity index (χ1v) is 8.31. The Balaban J connectivity index is 1.70. The van der Waals surface area contributed by atoms with E-state index in [1.807, 2.05) is 6.92 Å². The fourth-order valence-electron chi connectivity index (χ4n) is 2.24. The first-order chi connectivity index (χ1) is 11.6. The van der Waals surface area contributed by atoms with Crippen LogP contribution in [0.4, 0.5) is 0 Å². The number of amides is 1. The number of aryl methyl sites for hydroxylation is 2. The molecule has 0 atom stereocenters. The van der Waals surface area contributed by atoms with Gasteiger partial charge in [0.1, 0.15) is 5.82 Å². The summed E-state index contributed by atoms with van der Waals surface area (Å²) in [6.07, 6.45) is 0. The van der Waals surface area contributed by atoms with E-state index in [-0.39, 0.29) is 17.2 Å². The maximum Gasteiger partial charge on any atom is 0.274 e. The van der Waals surface area contributed by atoms with E-state index < -0.39 is 0 Å². The Morgan fingerprint density at radius 3 is 2.79 bits per heavy atom. The van der Waals surface area contributed by atoms with Crippen LogP contribution < -0.4 is 10.9 Å². The molecule has 3 rings (SSSR count). The molecule has 1 aromatic carbocycles. The molecule has 0 unspecified atom stereocenters. The maximum atomic E-state index is 12.4. The Kier molecular flexibility index (Phi) is 4.61. The number of aromatic amines is 1. The molecule has 8 nitrogen and oxygen atoms in total. The Labute approximate surface area is 141 Å². The van der Waals surface area contributed by atoms with Gasteiger partial charge in [-0.25, -0.2) is 9.67 Å². The molecule has 24 heavy (non-hydrogen) atoms. The Morgan fingerprint density at radius 2 is 2.08 bits per heavy atom. The lowest BCUT2D eigenvalue weighted by atomic mass is 10.1. The van der Waals surface area contributed by atoms with Crippen LogP contribution in [0.15, 0.2) is 34.2 Å². The summed E-state index contributed by atoms with van der Waals surface area (Å²) in [5.41, 5.74) is 0.0177. The first-order valence-electron chi connectivity index (χ1n) is 7.32. The van der Waals surface area contributed by atoms with Gasteiger partial charge in [-0.15, -0.1) is 5.10 Å². The number of aromatic nitrogens is 5. The van der Waals surface area contributed by atoms with Crippen molar-refractivity contribution in [3.8, 4) is 0 Å². The number of hydrogen-bond acceptors (Lipinski definition) is 6. The number of nitrogens with zero attached hydrogens (tertiary/aromatic N) is 4. The zero-order chi connectivity index (χ0) is 17.1. The molecule has 0 saturated carbocycles. The van der Waals surface area contributed by atoms with E-state index in [9.17, 15) is 9.59 Å². The summed E-state index contributed by atoms with van der Waals surface area (Å²) < 4.78 is 1.18. The summed E-state index contributed by atoms with van der Waals surface area (Å²) in [7, 11) is 1.53. The molecule has 0 fully saturated rings. The first kappa shape index (κ1) is 16.2. The lowest BCUT2D eigenvalue weighted by Gasteiger charge is -2.08. The smallest absolute Gasteiger partial charge is 0.274 e. The standard InChI is InChI=1S/C15H16N6O2S/c1-9-17-15(19-18-9)24-8-7-16-13(22)12-10-5-3-4-6-11(10)14(23)21(2)20-12/h3-6H,7-8H2,1-2H3,(H,16,22)(H,17,18,19). The van der Waals surface area contributed by atoms with E-state index in [1.165, 1.54) is 23.5 Å². The van der Waals surface area contributed by atoms with Gasteiger partial charge >= 0.3 is 0 Å². The van der Waals surface area contributed by atoms with Crippen LogP contribution in [-0.4, -0.2) is 43.2 Å². The highest BCUT2D eigenvalue weighted by Gasteiger charge is 2.15. The number of thioether (sulfide) groups is 1.